The average molecular weight is 191 g/mol. The third-order valence-corrected chi connectivity index (χ3v) is 2.90. The van der Waals surface area contributed by atoms with Gasteiger partial charge < -0.3 is 0 Å². The lowest BCUT2D eigenvalue weighted by molar-refractivity contribution is 1.53. The lowest BCUT2D eigenvalue weighted by Gasteiger charge is -2.05. The van der Waals surface area contributed by atoms with E-state index in [9.17, 15) is 0 Å². The molecule has 3 aromatic rings. The first-order valence-electron chi connectivity index (χ1n) is 5.15. The number of benzene rings is 3. The van der Waals surface area contributed by atoms with Crippen molar-refractivity contribution in [3.05, 3.63) is 60.2 Å². The maximum atomic E-state index is 3.27. The number of fused-ring (bicyclic) bond motifs is 3. The Morgan fingerprint density at radius 1 is 0.867 bits per heavy atom. The van der Waals surface area contributed by atoms with Crippen LogP contribution in [0.15, 0.2) is 48.5 Å². The summed E-state index contributed by atoms with van der Waals surface area (Å²) < 4.78 is 0. The van der Waals surface area contributed by atoms with Gasteiger partial charge in [0, 0.05) is 0 Å². The van der Waals surface area contributed by atoms with Crippen molar-refractivity contribution in [1.82, 2.24) is 0 Å². The predicted octanol–water partition coefficient (Wildman–Crippen LogP) is 4.10. The average Bonchev–Trinajstić information content (AvgIpc) is 2.29. The fourth-order valence-electron chi connectivity index (χ4n) is 2.17. The van der Waals surface area contributed by atoms with Gasteiger partial charge in [-0.2, -0.15) is 0 Å². The van der Waals surface area contributed by atoms with Crippen molar-refractivity contribution in [2.75, 3.05) is 0 Å². The Kier molecular flexibility index (Phi) is 1.75. The summed E-state index contributed by atoms with van der Waals surface area (Å²) in [5, 5.41) is 5.25. The predicted molar refractivity (Wildman–Crippen MR) is 65.0 cm³/mol. The largest absolute Gasteiger partial charge is 0.0616 e. The van der Waals surface area contributed by atoms with Crippen LogP contribution in [-0.4, -0.2) is 0 Å². The minimum atomic E-state index is 1.23. The molecule has 0 N–H and O–H groups in total. The van der Waals surface area contributed by atoms with E-state index >= 15 is 0 Å². The maximum absolute atomic E-state index is 3.27. The van der Waals surface area contributed by atoms with Crippen LogP contribution in [0, 0.1) is 13.0 Å². The summed E-state index contributed by atoms with van der Waals surface area (Å²) in [6.07, 6.45) is 0. The zero-order valence-corrected chi connectivity index (χ0v) is 8.62. The van der Waals surface area contributed by atoms with Crippen molar-refractivity contribution in [3.8, 4) is 0 Å². The van der Waals surface area contributed by atoms with Gasteiger partial charge in [0.2, 0.25) is 0 Å². The molecule has 0 bridgehead atoms. The number of hydrogen-bond donors (Lipinski definition) is 0. The molecule has 0 fully saturated rings. The quantitative estimate of drug-likeness (QED) is 0.469. The summed E-state index contributed by atoms with van der Waals surface area (Å²) in [6.45, 7) is 2.12. The lowest BCUT2D eigenvalue weighted by Crippen LogP contribution is -1.81. The van der Waals surface area contributed by atoms with E-state index < -0.39 is 0 Å². The standard InChI is InChI=1S/C15H11/c1-11-5-4-7-13-10-9-12-6-2-3-8-14(12)15(11)13/h2-4,6-10H,1H3. The molecule has 0 aliphatic rings. The van der Waals surface area contributed by atoms with Gasteiger partial charge in [-0.25, -0.2) is 0 Å². The Hall–Kier alpha value is -1.82. The zero-order valence-electron chi connectivity index (χ0n) is 8.62. The molecule has 0 heteroatoms. The second-order valence-corrected chi connectivity index (χ2v) is 3.85. The molecule has 0 aliphatic carbocycles. The first kappa shape index (κ1) is 8.49. The van der Waals surface area contributed by atoms with E-state index in [2.05, 4.69) is 55.5 Å². The van der Waals surface area contributed by atoms with Gasteiger partial charge in [-0.3, -0.25) is 0 Å². The highest BCUT2D eigenvalue weighted by atomic mass is 14.0. The third kappa shape index (κ3) is 1.22. The Balaban J connectivity index is 2.64. The molecule has 0 aliphatic heterocycles. The molecular weight excluding hydrogens is 180 g/mol. The van der Waals surface area contributed by atoms with E-state index in [-0.39, 0.29) is 0 Å². The van der Waals surface area contributed by atoms with Crippen LogP contribution < -0.4 is 0 Å². The number of rotatable bonds is 0. The molecule has 0 spiro atoms. The van der Waals surface area contributed by atoms with Crippen molar-refractivity contribution in [1.29, 1.82) is 0 Å². The first-order chi connectivity index (χ1) is 7.36. The highest BCUT2D eigenvalue weighted by Crippen LogP contribution is 2.27. The summed E-state index contributed by atoms with van der Waals surface area (Å²) in [5.41, 5.74) is 1.23. The highest BCUT2D eigenvalue weighted by Gasteiger charge is 2.01. The molecule has 0 saturated carbocycles. The van der Waals surface area contributed by atoms with Gasteiger partial charge in [-0.1, -0.05) is 48.5 Å². The number of hydrogen-bond acceptors (Lipinski definition) is 0. The SMILES string of the molecule is Cc1[c]ccc2ccc3ccccc3c12. The normalized spacial score (nSPS) is 11.0. The van der Waals surface area contributed by atoms with Gasteiger partial charge in [0.1, 0.15) is 0 Å². The summed E-state index contributed by atoms with van der Waals surface area (Å²) in [7, 11) is 0. The molecule has 3 aromatic carbocycles. The van der Waals surface area contributed by atoms with E-state index in [0.29, 0.717) is 0 Å². The van der Waals surface area contributed by atoms with Crippen LogP contribution in [0.2, 0.25) is 0 Å². The smallest absolute Gasteiger partial charge is 0.00699 e. The van der Waals surface area contributed by atoms with Gasteiger partial charge in [-0.15, -0.1) is 0 Å². The fourth-order valence-corrected chi connectivity index (χ4v) is 2.17. The minimum absolute atomic E-state index is 1.23. The van der Waals surface area contributed by atoms with Crippen molar-refractivity contribution in [3.63, 3.8) is 0 Å². The van der Waals surface area contributed by atoms with E-state index in [4.69, 9.17) is 0 Å². The summed E-state index contributed by atoms with van der Waals surface area (Å²) in [5.74, 6) is 0. The maximum Gasteiger partial charge on any atom is -0.00699 e. The lowest BCUT2D eigenvalue weighted by atomic mass is 9.99. The van der Waals surface area contributed by atoms with Crippen LogP contribution in [0.1, 0.15) is 5.56 Å². The second kappa shape index (κ2) is 3.09. The minimum Gasteiger partial charge on any atom is -0.0616 e. The summed E-state index contributed by atoms with van der Waals surface area (Å²) >= 11 is 0. The second-order valence-electron chi connectivity index (χ2n) is 3.85. The van der Waals surface area contributed by atoms with Gasteiger partial charge in [-0.05, 0) is 40.1 Å². The van der Waals surface area contributed by atoms with Crippen LogP contribution >= 0.6 is 0 Å². The van der Waals surface area contributed by atoms with E-state index in [1.165, 1.54) is 27.1 Å². The molecular formula is C15H11. The molecule has 0 atom stereocenters. The van der Waals surface area contributed by atoms with Crippen molar-refractivity contribution in [2.45, 2.75) is 6.92 Å². The molecule has 1 radical (unpaired) electrons. The Labute approximate surface area is 89.2 Å². The molecule has 0 aromatic heterocycles. The number of aryl methyl sites for hydroxylation is 1. The van der Waals surface area contributed by atoms with E-state index in [1.807, 2.05) is 6.07 Å². The molecule has 0 heterocycles. The van der Waals surface area contributed by atoms with Crippen LogP contribution in [-0.2, 0) is 0 Å². The molecule has 0 saturated heterocycles. The molecule has 0 nitrogen and oxygen atoms in total. The molecule has 15 heavy (non-hydrogen) atoms. The third-order valence-electron chi connectivity index (χ3n) is 2.90. The molecule has 3 rings (SSSR count). The van der Waals surface area contributed by atoms with Gasteiger partial charge in [0.05, 0.1) is 0 Å². The van der Waals surface area contributed by atoms with Crippen LogP contribution in [0.4, 0.5) is 0 Å². The Bertz CT molecular complexity index is 636. The van der Waals surface area contributed by atoms with Gasteiger partial charge in [0.15, 0.2) is 0 Å². The first-order valence-corrected chi connectivity index (χ1v) is 5.15. The fraction of sp³-hybridized carbons (Fsp3) is 0.0667. The van der Waals surface area contributed by atoms with E-state index in [1.54, 1.807) is 0 Å². The van der Waals surface area contributed by atoms with Crippen molar-refractivity contribution in [2.24, 2.45) is 0 Å². The topological polar surface area (TPSA) is 0 Å². The zero-order chi connectivity index (χ0) is 10.3. The van der Waals surface area contributed by atoms with Crippen molar-refractivity contribution < 1.29 is 0 Å². The molecule has 0 unspecified atom stereocenters. The Morgan fingerprint density at radius 3 is 2.60 bits per heavy atom. The van der Waals surface area contributed by atoms with Gasteiger partial charge >= 0.3 is 0 Å². The summed E-state index contributed by atoms with van der Waals surface area (Å²) in [4.78, 5) is 0. The van der Waals surface area contributed by atoms with Crippen LogP contribution in [0.5, 0.6) is 0 Å². The van der Waals surface area contributed by atoms with Crippen molar-refractivity contribution >= 4 is 21.5 Å². The van der Waals surface area contributed by atoms with E-state index in [0.717, 1.165) is 0 Å². The van der Waals surface area contributed by atoms with Crippen LogP contribution in [0.3, 0.4) is 0 Å². The molecule has 71 valence electrons. The monoisotopic (exact) mass is 191 g/mol. The summed E-state index contributed by atoms with van der Waals surface area (Å²) in [6, 6.07) is 20.2. The van der Waals surface area contributed by atoms with Gasteiger partial charge in [0.25, 0.3) is 0 Å². The molecule has 0 amide bonds. The Morgan fingerprint density at radius 2 is 1.67 bits per heavy atom. The van der Waals surface area contributed by atoms with Crippen LogP contribution in [0.25, 0.3) is 21.5 Å². The highest BCUT2D eigenvalue weighted by molar-refractivity contribution is 6.08.